The fourth-order valence-corrected chi connectivity index (χ4v) is 3.57. The lowest BCUT2D eigenvalue weighted by Crippen LogP contribution is -2.50. The highest BCUT2D eigenvalue weighted by Gasteiger charge is 2.24. The third kappa shape index (κ3) is 4.56. The molecule has 7 nitrogen and oxygen atoms in total. The zero-order valence-electron chi connectivity index (χ0n) is 15.8. The monoisotopic (exact) mass is 385 g/mol. The standard InChI is InChI=1S/C20H24FN5O2/c21-16-3-5-17(6-4-16)28-19-13-18(22-15-23-19)25-11-9-24(10-12-25)14-20(27)26-7-1-2-8-26/h3-6,13,15H,1-2,7-12,14H2. The molecule has 2 aromatic rings. The summed E-state index contributed by atoms with van der Waals surface area (Å²) in [7, 11) is 0. The van der Waals surface area contributed by atoms with E-state index in [0.29, 0.717) is 18.2 Å². The van der Waals surface area contributed by atoms with E-state index in [0.717, 1.165) is 57.9 Å². The number of ether oxygens (including phenoxy) is 1. The van der Waals surface area contributed by atoms with Crippen molar-refractivity contribution in [2.24, 2.45) is 0 Å². The van der Waals surface area contributed by atoms with Crippen molar-refractivity contribution in [2.75, 3.05) is 50.7 Å². The van der Waals surface area contributed by atoms with Crippen LogP contribution in [0.4, 0.5) is 10.2 Å². The summed E-state index contributed by atoms with van der Waals surface area (Å²) in [5.74, 6) is 1.66. The van der Waals surface area contributed by atoms with Crippen LogP contribution < -0.4 is 9.64 Å². The Morgan fingerprint density at radius 3 is 2.43 bits per heavy atom. The fraction of sp³-hybridized carbons (Fsp3) is 0.450. The van der Waals surface area contributed by atoms with Crippen molar-refractivity contribution in [3.63, 3.8) is 0 Å². The predicted molar refractivity (Wildman–Crippen MR) is 103 cm³/mol. The van der Waals surface area contributed by atoms with Gasteiger partial charge in [0.25, 0.3) is 0 Å². The van der Waals surface area contributed by atoms with E-state index in [1.54, 1.807) is 18.2 Å². The Hall–Kier alpha value is -2.74. The van der Waals surface area contributed by atoms with Gasteiger partial charge in [-0.25, -0.2) is 14.4 Å². The number of carbonyl (C=O) groups is 1. The maximum Gasteiger partial charge on any atom is 0.236 e. The smallest absolute Gasteiger partial charge is 0.236 e. The zero-order valence-corrected chi connectivity index (χ0v) is 15.8. The molecule has 2 fully saturated rings. The third-order valence-corrected chi connectivity index (χ3v) is 5.18. The minimum absolute atomic E-state index is 0.239. The number of hydrogen-bond acceptors (Lipinski definition) is 6. The second-order valence-electron chi connectivity index (χ2n) is 7.12. The molecule has 2 aliphatic heterocycles. The molecule has 0 unspecified atom stereocenters. The molecule has 0 bridgehead atoms. The van der Waals surface area contributed by atoms with Gasteiger partial charge in [0.05, 0.1) is 6.54 Å². The maximum absolute atomic E-state index is 13.0. The van der Waals surface area contributed by atoms with Crippen molar-refractivity contribution in [3.05, 3.63) is 42.5 Å². The van der Waals surface area contributed by atoms with Crippen LogP contribution in [0, 0.1) is 5.82 Å². The second-order valence-corrected chi connectivity index (χ2v) is 7.12. The number of likely N-dealkylation sites (tertiary alicyclic amines) is 1. The molecule has 0 spiro atoms. The molecule has 1 amide bonds. The summed E-state index contributed by atoms with van der Waals surface area (Å²) in [5.41, 5.74) is 0. The van der Waals surface area contributed by atoms with Crippen molar-refractivity contribution in [3.8, 4) is 11.6 Å². The lowest BCUT2D eigenvalue weighted by molar-refractivity contribution is -0.131. The van der Waals surface area contributed by atoms with E-state index in [4.69, 9.17) is 4.74 Å². The van der Waals surface area contributed by atoms with Gasteiger partial charge in [-0.15, -0.1) is 0 Å². The van der Waals surface area contributed by atoms with Crippen LogP contribution in [0.3, 0.4) is 0 Å². The van der Waals surface area contributed by atoms with Gasteiger partial charge in [-0.3, -0.25) is 9.69 Å². The average Bonchev–Trinajstić information content (AvgIpc) is 3.26. The minimum Gasteiger partial charge on any atom is -0.439 e. The van der Waals surface area contributed by atoms with Crippen molar-refractivity contribution < 1.29 is 13.9 Å². The average molecular weight is 385 g/mol. The van der Waals surface area contributed by atoms with Crippen LogP contribution in [0.15, 0.2) is 36.7 Å². The molecule has 0 aliphatic carbocycles. The van der Waals surface area contributed by atoms with Crippen molar-refractivity contribution in [2.45, 2.75) is 12.8 Å². The first-order chi connectivity index (χ1) is 13.7. The number of amides is 1. The van der Waals surface area contributed by atoms with Gasteiger partial charge in [0.2, 0.25) is 11.8 Å². The van der Waals surface area contributed by atoms with Crippen molar-refractivity contribution >= 4 is 11.7 Å². The molecule has 2 aliphatic rings. The Labute approximate surface area is 163 Å². The van der Waals surface area contributed by atoms with Crippen LogP contribution in [0.1, 0.15) is 12.8 Å². The number of nitrogens with zero attached hydrogens (tertiary/aromatic N) is 5. The molecule has 148 valence electrons. The summed E-state index contributed by atoms with van der Waals surface area (Å²) in [4.78, 5) is 27.1. The van der Waals surface area contributed by atoms with Gasteiger partial charge >= 0.3 is 0 Å². The Morgan fingerprint density at radius 1 is 1.00 bits per heavy atom. The molecule has 1 aromatic carbocycles. The molecule has 0 saturated carbocycles. The largest absolute Gasteiger partial charge is 0.439 e. The minimum atomic E-state index is -0.309. The molecule has 0 radical (unpaired) electrons. The van der Waals surface area contributed by atoms with Crippen LogP contribution in [-0.4, -0.2) is 71.5 Å². The Morgan fingerprint density at radius 2 is 1.71 bits per heavy atom. The summed E-state index contributed by atoms with van der Waals surface area (Å²) in [5, 5.41) is 0. The number of piperazine rings is 1. The number of carbonyl (C=O) groups excluding carboxylic acids is 1. The third-order valence-electron chi connectivity index (χ3n) is 5.18. The Kier molecular flexibility index (Phi) is 5.66. The molecule has 8 heteroatoms. The molecular weight excluding hydrogens is 361 g/mol. The fourth-order valence-electron chi connectivity index (χ4n) is 3.57. The number of halogens is 1. The number of rotatable bonds is 5. The van der Waals surface area contributed by atoms with E-state index in [2.05, 4.69) is 19.8 Å². The molecule has 3 heterocycles. The van der Waals surface area contributed by atoms with Gasteiger partial charge in [0.15, 0.2) is 0 Å². The van der Waals surface area contributed by atoms with Crippen LogP contribution >= 0.6 is 0 Å². The number of benzene rings is 1. The van der Waals surface area contributed by atoms with Gasteiger partial charge in [-0.05, 0) is 37.1 Å². The first-order valence-electron chi connectivity index (χ1n) is 9.68. The van der Waals surface area contributed by atoms with Gasteiger partial charge in [-0.2, -0.15) is 0 Å². The number of hydrogen-bond donors (Lipinski definition) is 0. The lowest BCUT2D eigenvalue weighted by atomic mass is 10.3. The van der Waals surface area contributed by atoms with Gasteiger partial charge in [-0.1, -0.05) is 0 Å². The van der Waals surface area contributed by atoms with Crippen LogP contribution in [0.2, 0.25) is 0 Å². The first kappa shape index (κ1) is 18.6. The number of anilines is 1. The predicted octanol–water partition coefficient (Wildman–Crippen LogP) is 2.15. The summed E-state index contributed by atoms with van der Waals surface area (Å²) < 4.78 is 18.7. The highest BCUT2D eigenvalue weighted by atomic mass is 19.1. The van der Waals surface area contributed by atoms with E-state index in [1.807, 2.05) is 4.90 Å². The highest BCUT2D eigenvalue weighted by molar-refractivity contribution is 5.78. The van der Waals surface area contributed by atoms with Crippen LogP contribution in [-0.2, 0) is 4.79 Å². The molecule has 2 saturated heterocycles. The summed E-state index contributed by atoms with van der Waals surface area (Å²) in [6.45, 7) is 5.51. The number of aromatic nitrogens is 2. The van der Waals surface area contributed by atoms with Crippen molar-refractivity contribution in [1.29, 1.82) is 0 Å². The summed E-state index contributed by atoms with van der Waals surface area (Å²) in [6.07, 6.45) is 3.71. The quantitative estimate of drug-likeness (QED) is 0.786. The molecule has 0 N–H and O–H groups in total. The maximum atomic E-state index is 13.0. The molecule has 0 atom stereocenters. The van der Waals surface area contributed by atoms with E-state index in [1.165, 1.54) is 18.5 Å². The lowest BCUT2D eigenvalue weighted by Gasteiger charge is -2.35. The van der Waals surface area contributed by atoms with Crippen LogP contribution in [0.5, 0.6) is 11.6 Å². The molecule has 28 heavy (non-hydrogen) atoms. The highest BCUT2D eigenvalue weighted by Crippen LogP contribution is 2.23. The normalized spacial score (nSPS) is 17.8. The van der Waals surface area contributed by atoms with Gasteiger partial charge < -0.3 is 14.5 Å². The second kappa shape index (κ2) is 8.52. The van der Waals surface area contributed by atoms with Crippen LogP contribution in [0.25, 0.3) is 0 Å². The topological polar surface area (TPSA) is 61.8 Å². The van der Waals surface area contributed by atoms with E-state index in [-0.39, 0.29) is 11.7 Å². The molecule has 4 rings (SSSR count). The van der Waals surface area contributed by atoms with Crippen molar-refractivity contribution in [1.82, 2.24) is 19.8 Å². The zero-order chi connectivity index (χ0) is 19.3. The molecule has 1 aromatic heterocycles. The van der Waals surface area contributed by atoms with Gasteiger partial charge in [0, 0.05) is 45.3 Å². The van der Waals surface area contributed by atoms with E-state index in [9.17, 15) is 9.18 Å². The summed E-state index contributed by atoms with van der Waals surface area (Å²) in [6, 6.07) is 7.61. The molecular formula is C20H24FN5O2. The Bertz CT molecular complexity index is 802. The first-order valence-corrected chi connectivity index (χ1v) is 9.68. The van der Waals surface area contributed by atoms with Gasteiger partial charge in [0.1, 0.15) is 23.7 Å². The van der Waals surface area contributed by atoms with E-state index >= 15 is 0 Å². The SMILES string of the molecule is O=C(CN1CCN(c2cc(Oc3ccc(F)cc3)ncn2)CC1)N1CCCC1. The Balaban J connectivity index is 1.31. The van der Waals surface area contributed by atoms with E-state index < -0.39 is 0 Å². The summed E-state index contributed by atoms with van der Waals surface area (Å²) >= 11 is 0.